The lowest BCUT2D eigenvalue weighted by Gasteiger charge is -2.20. The molecule has 1 atom stereocenters. The number of benzene rings is 1. The summed E-state index contributed by atoms with van der Waals surface area (Å²) in [5, 5.41) is 8.76. The SMILES string of the molecule is CCc1c(C(N)CCC(=O)O)cc(OC)c(OC)c1Br. The van der Waals surface area contributed by atoms with Crippen LogP contribution >= 0.6 is 15.9 Å². The normalized spacial score (nSPS) is 12.1. The van der Waals surface area contributed by atoms with Gasteiger partial charge in [-0.1, -0.05) is 6.92 Å². The molecule has 0 saturated carbocycles. The minimum absolute atomic E-state index is 0.0380. The highest BCUT2D eigenvalue weighted by Gasteiger charge is 2.20. The van der Waals surface area contributed by atoms with E-state index in [2.05, 4.69) is 15.9 Å². The molecule has 0 bridgehead atoms. The van der Waals surface area contributed by atoms with Gasteiger partial charge in [-0.2, -0.15) is 0 Å². The molecule has 6 heteroatoms. The first-order valence-electron chi connectivity index (χ1n) is 6.36. The molecular weight excluding hydrogens is 326 g/mol. The minimum atomic E-state index is -0.849. The molecule has 0 amide bonds. The number of carbonyl (C=O) groups is 1. The first kappa shape index (κ1) is 16.8. The average Bonchev–Trinajstić information content (AvgIpc) is 2.43. The summed E-state index contributed by atoms with van der Waals surface area (Å²) >= 11 is 3.52. The third-order valence-electron chi connectivity index (χ3n) is 3.17. The fourth-order valence-electron chi connectivity index (χ4n) is 2.13. The molecule has 3 N–H and O–H groups in total. The van der Waals surface area contributed by atoms with Gasteiger partial charge in [0.15, 0.2) is 11.5 Å². The maximum atomic E-state index is 10.7. The standard InChI is InChI=1S/C14H20BrNO4/c1-4-8-9(10(16)5-6-12(17)18)7-11(19-2)14(20-3)13(8)15/h7,10H,4-6,16H2,1-3H3,(H,17,18). The smallest absolute Gasteiger partial charge is 0.303 e. The fourth-order valence-corrected chi connectivity index (χ4v) is 3.00. The number of carboxylic acids is 1. The van der Waals surface area contributed by atoms with Crippen LogP contribution < -0.4 is 15.2 Å². The van der Waals surface area contributed by atoms with Crippen molar-refractivity contribution < 1.29 is 19.4 Å². The predicted molar refractivity (Wildman–Crippen MR) is 80.4 cm³/mol. The van der Waals surface area contributed by atoms with Crippen molar-refractivity contribution in [3.05, 3.63) is 21.7 Å². The number of ether oxygens (including phenoxy) is 2. The van der Waals surface area contributed by atoms with Crippen LogP contribution in [0, 0.1) is 0 Å². The summed E-state index contributed by atoms with van der Waals surface area (Å²) in [6.07, 6.45) is 1.18. The zero-order chi connectivity index (χ0) is 15.3. The Labute approximate surface area is 127 Å². The van der Waals surface area contributed by atoms with Crippen molar-refractivity contribution >= 4 is 21.9 Å². The molecule has 1 aromatic carbocycles. The van der Waals surface area contributed by atoms with E-state index in [4.69, 9.17) is 20.3 Å². The van der Waals surface area contributed by atoms with Gasteiger partial charge in [0.05, 0.1) is 18.7 Å². The van der Waals surface area contributed by atoms with Crippen molar-refractivity contribution in [1.82, 2.24) is 0 Å². The van der Waals surface area contributed by atoms with E-state index in [-0.39, 0.29) is 12.5 Å². The van der Waals surface area contributed by atoms with Crippen molar-refractivity contribution in [2.75, 3.05) is 14.2 Å². The molecule has 0 radical (unpaired) electrons. The van der Waals surface area contributed by atoms with Crippen molar-refractivity contribution in [2.45, 2.75) is 32.2 Å². The quantitative estimate of drug-likeness (QED) is 0.793. The van der Waals surface area contributed by atoms with Gasteiger partial charge >= 0.3 is 5.97 Å². The van der Waals surface area contributed by atoms with E-state index in [1.54, 1.807) is 14.2 Å². The summed E-state index contributed by atoms with van der Waals surface area (Å²) < 4.78 is 11.4. The Bertz CT molecular complexity index is 491. The van der Waals surface area contributed by atoms with Crippen LogP contribution in [0.15, 0.2) is 10.5 Å². The van der Waals surface area contributed by atoms with E-state index in [0.29, 0.717) is 17.9 Å². The minimum Gasteiger partial charge on any atom is -0.493 e. The molecule has 0 aliphatic rings. The zero-order valence-corrected chi connectivity index (χ0v) is 13.5. The number of halogens is 1. The van der Waals surface area contributed by atoms with Gasteiger partial charge in [0.25, 0.3) is 0 Å². The van der Waals surface area contributed by atoms with Gasteiger partial charge in [0, 0.05) is 12.5 Å². The number of rotatable bonds is 7. The molecule has 1 unspecified atom stereocenters. The highest BCUT2D eigenvalue weighted by atomic mass is 79.9. The molecule has 1 rings (SSSR count). The van der Waals surface area contributed by atoms with Crippen molar-refractivity contribution in [1.29, 1.82) is 0 Å². The first-order valence-corrected chi connectivity index (χ1v) is 7.16. The highest BCUT2D eigenvalue weighted by molar-refractivity contribution is 9.10. The maximum Gasteiger partial charge on any atom is 0.303 e. The summed E-state index contributed by atoms with van der Waals surface area (Å²) in [5.74, 6) is 0.355. The predicted octanol–water partition coefficient (Wildman–Crippen LogP) is 2.89. The largest absolute Gasteiger partial charge is 0.493 e. The number of aliphatic carboxylic acids is 1. The van der Waals surface area contributed by atoms with E-state index in [1.165, 1.54) is 0 Å². The number of methoxy groups -OCH3 is 2. The Hall–Kier alpha value is -1.27. The molecule has 1 aromatic rings. The molecule has 0 aromatic heterocycles. The van der Waals surface area contributed by atoms with Crippen molar-refractivity contribution in [3.63, 3.8) is 0 Å². The number of carboxylic acid groups (broad SMARTS) is 1. The average molecular weight is 346 g/mol. The van der Waals surface area contributed by atoms with E-state index < -0.39 is 5.97 Å². The van der Waals surface area contributed by atoms with Gasteiger partial charge < -0.3 is 20.3 Å². The molecule has 112 valence electrons. The van der Waals surface area contributed by atoms with Crippen LogP contribution in [0.2, 0.25) is 0 Å². The topological polar surface area (TPSA) is 81.8 Å². The lowest BCUT2D eigenvalue weighted by atomic mass is 9.95. The van der Waals surface area contributed by atoms with Crippen LogP contribution in [-0.2, 0) is 11.2 Å². The second kappa shape index (κ2) is 7.50. The molecule has 0 saturated heterocycles. The second-order valence-electron chi connectivity index (χ2n) is 4.39. The Morgan fingerprint density at radius 1 is 1.45 bits per heavy atom. The summed E-state index contributed by atoms with van der Waals surface area (Å²) in [4.78, 5) is 10.7. The lowest BCUT2D eigenvalue weighted by molar-refractivity contribution is -0.137. The van der Waals surface area contributed by atoms with E-state index >= 15 is 0 Å². The van der Waals surface area contributed by atoms with E-state index in [0.717, 1.165) is 22.0 Å². The summed E-state index contributed by atoms with van der Waals surface area (Å²) in [6.45, 7) is 2.01. The van der Waals surface area contributed by atoms with Crippen molar-refractivity contribution in [2.24, 2.45) is 5.73 Å². The Morgan fingerprint density at radius 3 is 2.55 bits per heavy atom. The molecule has 0 heterocycles. The van der Waals surface area contributed by atoms with Crippen LogP contribution in [0.3, 0.4) is 0 Å². The second-order valence-corrected chi connectivity index (χ2v) is 5.18. The van der Waals surface area contributed by atoms with Crippen LogP contribution in [-0.4, -0.2) is 25.3 Å². The molecule has 0 aliphatic carbocycles. The third-order valence-corrected chi connectivity index (χ3v) is 4.01. The molecule has 20 heavy (non-hydrogen) atoms. The molecule has 5 nitrogen and oxygen atoms in total. The maximum absolute atomic E-state index is 10.7. The molecular formula is C14H20BrNO4. The van der Waals surface area contributed by atoms with Crippen LogP contribution in [0.25, 0.3) is 0 Å². The van der Waals surface area contributed by atoms with Gasteiger partial charge in [0.1, 0.15) is 0 Å². The monoisotopic (exact) mass is 345 g/mol. The summed E-state index contributed by atoms with van der Waals surface area (Å²) in [5.41, 5.74) is 8.02. The number of nitrogens with two attached hydrogens (primary N) is 1. The summed E-state index contributed by atoms with van der Waals surface area (Å²) in [6, 6.07) is 1.48. The third kappa shape index (κ3) is 3.64. The van der Waals surface area contributed by atoms with Gasteiger partial charge in [0.2, 0.25) is 0 Å². The molecule has 0 spiro atoms. The van der Waals surface area contributed by atoms with Crippen LogP contribution in [0.5, 0.6) is 11.5 Å². The van der Waals surface area contributed by atoms with Crippen molar-refractivity contribution in [3.8, 4) is 11.5 Å². The first-order chi connectivity index (χ1) is 9.46. The van der Waals surface area contributed by atoms with E-state index in [9.17, 15) is 4.79 Å². The van der Waals surface area contributed by atoms with Gasteiger partial charge in [-0.15, -0.1) is 0 Å². The lowest BCUT2D eigenvalue weighted by Crippen LogP contribution is -2.15. The zero-order valence-electron chi connectivity index (χ0n) is 11.9. The Morgan fingerprint density at radius 2 is 2.10 bits per heavy atom. The molecule has 0 fully saturated rings. The highest BCUT2D eigenvalue weighted by Crippen LogP contribution is 2.42. The number of hydrogen-bond donors (Lipinski definition) is 2. The number of hydrogen-bond acceptors (Lipinski definition) is 4. The molecule has 0 aliphatic heterocycles. The van der Waals surface area contributed by atoms with E-state index in [1.807, 2.05) is 13.0 Å². The fraction of sp³-hybridized carbons (Fsp3) is 0.500. The Kier molecular flexibility index (Phi) is 6.29. The summed E-state index contributed by atoms with van der Waals surface area (Å²) in [7, 11) is 3.13. The van der Waals surface area contributed by atoms with Crippen LogP contribution in [0.1, 0.15) is 36.9 Å². The van der Waals surface area contributed by atoms with Crippen LogP contribution in [0.4, 0.5) is 0 Å². The van der Waals surface area contributed by atoms with Gasteiger partial charge in [-0.25, -0.2) is 0 Å². The van der Waals surface area contributed by atoms with Gasteiger partial charge in [-0.05, 0) is 46.0 Å². The van der Waals surface area contributed by atoms with Gasteiger partial charge in [-0.3, -0.25) is 4.79 Å². The Balaban J connectivity index is 3.23.